The van der Waals surface area contributed by atoms with Gasteiger partial charge in [0.25, 0.3) is 5.91 Å². The van der Waals surface area contributed by atoms with Gasteiger partial charge in [0.05, 0.1) is 17.4 Å². The normalized spacial score (nSPS) is 18.0. The number of benzene rings is 2. The molecule has 0 saturated carbocycles. The Morgan fingerprint density at radius 3 is 2.51 bits per heavy atom. The predicted octanol–water partition coefficient (Wildman–Crippen LogP) is 7.09. The monoisotopic (exact) mass is 640 g/mol. The molecule has 5 rings (SSSR count). The molecule has 2 aromatic carbocycles. The molecule has 1 amide bonds. The summed E-state index contributed by atoms with van der Waals surface area (Å²) in [6.45, 7) is 8.66. The van der Waals surface area contributed by atoms with Gasteiger partial charge in [-0.15, -0.1) is 0 Å². The lowest BCUT2D eigenvalue weighted by molar-refractivity contribution is 0.0422. The Morgan fingerprint density at radius 2 is 1.89 bits per heavy atom. The van der Waals surface area contributed by atoms with E-state index in [4.69, 9.17) is 16.6 Å². The molecule has 1 saturated heterocycles. The van der Waals surface area contributed by atoms with Gasteiger partial charge in [-0.25, -0.2) is 18.2 Å². The fourth-order valence-electron chi connectivity index (χ4n) is 6.48. The number of carbonyl (C=O) groups is 1. The fraction of sp³-hybridized carbons (Fsp3) is 0.441. The number of aryl methyl sites for hydroxylation is 2. The van der Waals surface area contributed by atoms with Crippen molar-refractivity contribution >= 4 is 17.5 Å². The van der Waals surface area contributed by atoms with Gasteiger partial charge in [0.2, 0.25) is 0 Å². The van der Waals surface area contributed by atoms with Crippen LogP contribution in [0.1, 0.15) is 60.8 Å². The Bertz CT molecular complexity index is 1680. The van der Waals surface area contributed by atoms with Crippen molar-refractivity contribution in [1.82, 2.24) is 29.1 Å². The van der Waals surface area contributed by atoms with Crippen LogP contribution in [0.3, 0.4) is 0 Å². The topological polar surface area (TPSA) is 59.2 Å². The fourth-order valence-corrected chi connectivity index (χ4v) is 6.65. The van der Waals surface area contributed by atoms with Crippen LogP contribution in [0.5, 0.6) is 0 Å². The molecule has 7 nitrogen and oxygen atoms in total. The van der Waals surface area contributed by atoms with E-state index in [0.717, 1.165) is 0 Å². The van der Waals surface area contributed by atoms with Crippen LogP contribution in [0.2, 0.25) is 5.02 Å². The highest BCUT2D eigenvalue weighted by molar-refractivity contribution is 6.30. The van der Waals surface area contributed by atoms with Gasteiger partial charge in [-0.3, -0.25) is 9.48 Å². The average Bonchev–Trinajstić information content (AvgIpc) is 3.64. The molecule has 0 bridgehead atoms. The van der Waals surface area contributed by atoms with Crippen LogP contribution in [0, 0.1) is 29.9 Å². The minimum atomic E-state index is -0.612. The minimum Gasteiger partial charge on any atom is -0.328 e. The predicted molar refractivity (Wildman–Crippen MR) is 170 cm³/mol. The van der Waals surface area contributed by atoms with Crippen molar-refractivity contribution in [2.75, 3.05) is 26.8 Å². The molecule has 0 aliphatic carbocycles. The number of rotatable bonds is 9. The van der Waals surface area contributed by atoms with Gasteiger partial charge >= 0.3 is 0 Å². The van der Waals surface area contributed by atoms with Crippen molar-refractivity contribution in [3.05, 3.63) is 94.2 Å². The zero-order valence-corrected chi connectivity index (χ0v) is 27.3. The lowest BCUT2D eigenvalue weighted by Gasteiger charge is -2.41. The highest BCUT2D eigenvalue weighted by Crippen LogP contribution is 2.41. The summed E-state index contributed by atoms with van der Waals surface area (Å²) in [5, 5.41) is 4.78. The van der Waals surface area contributed by atoms with Gasteiger partial charge in [0, 0.05) is 49.5 Å². The second-order valence-corrected chi connectivity index (χ2v) is 13.7. The Kier molecular flexibility index (Phi) is 9.46. The van der Waals surface area contributed by atoms with Crippen LogP contribution in [0.15, 0.2) is 54.7 Å². The molecule has 0 spiro atoms. The molecule has 0 unspecified atom stereocenters. The van der Waals surface area contributed by atoms with E-state index >= 15 is 4.39 Å². The lowest BCUT2D eigenvalue weighted by atomic mass is 9.84. The van der Waals surface area contributed by atoms with Crippen LogP contribution in [0.4, 0.5) is 13.2 Å². The van der Waals surface area contributed by atoms with E-state index in [1.165, 1.54) is 30.3 Å². The maximum Gasteiger partial charge on any atom is 0.272 e. The van der Waals surface area contributed by atoms with E-state index in [-0.39, 0.29) is 35.8 Å². The maximum atomic E-state index is 15.2. The van der Waals surface area contributed by atoms with Gasteiger partial charge in [-0.1, -0.05) is 44.5 Å². The Morgan fingerprint density at radius 1 is 1.13 bits per heavy atom. The van der Waals surface area contributed by atoms with Gasteiger partial charge < -0.3 is 14.4 Å². The number of imidazole rings is 1. The third kappa shape index (κ3) is 7.12. The summed E-state index contributed by atoms with van der Waals surface area (Å²) in [6, 6.07) is 11.5. The van der Waals surface area contributed by atoms with Gasteiger partial charge in [0.1, 0.15) is 29.8 Å². The summed E-state index contributed by atoms with van der Waals surface area (Å²) < 4.78 is 46.7. The molecule has 11 heteroatoms. The summed E-state index contributed by atoms with van der Waals surface area (Å²) in [7, 11) is 3.64. The molecule has 45 heavy (non-hydrogen) atoms. The summed E-state index contributed by atoms with van der Waals surface area (Å²) >= 11 is 6.27. The minimum absolute atomic E-state index is 0.00958. The zero-order chi connectivity index (χ0) is 32.6. The van der Waals surface area contributed by atoms with Crippen molar-refractivity contribution in [3.63, 3.8) is 0 Å². The van der Waals surface area contributed by atoms with Gasteiger partial charge in [-0.2, -0.15) is 5.10 Å². The number of alkyl halides is 1. The van der Waals surface area contributed by atoms with Crippen LogP contribution in [-0.4, -0.2) is 67.9 Å². The number of carbonyl (C=O) groups excluding carboxylic acids is 1. The number of halogens is 4. The highest BCUT2D eigenvalue weighted by Gasteiger charge is 2.42. The average molecular weight is 641 g/mol. The first kappa shape index (κ1) is 32.8. The van der Waals surface area contributed by atoms with Crippen molar-refractivity contribution in [1.29, 1.82) is 0 Å². The summed E-state index contributed by atoms with van der Waals surface area (Å²) in [5.74, 6) is -0.575. The number of nitrogens with zero attached hydrogens (tertiary/aromatic N) is 6. The second kappa shape index (κ2) is 13.0. The van der Waals surface area contributed by atoms with Crippen molar-refractivity contribution in [3.8, 4) is 11.3 Å². The molecule has 2 aromatic heterocycles. The largest absolute Gasteiger partial charge is 0.328 e. The first-order valence-corrected chi connectivity index (χ1v) is 15.5. The zero-order valence-electron chi connectivity index (χ0n) is 26.6. The second-order valence-electron chi connectivity index (χ2n) is 13.2. The lowest BCUT2D eigenvalue weighted by Crippen LogP contribution is -2.45. The first-order chi connectivity index (χ1) is 21.2. The van der Waals surface area contributed by atoms with E-state index in [1.54, 1.807) is 30.1 Å². The van der Waals surface area contributed by atoms with Gasteiger partial charge in [-0.05, 0) is 73.7 Å². The van der Waals surface area contributed by atoms with Crippen molar-refractivity contribution in [2.24, 2.45) is 18.4 Å². The third-order valence-electron chi connectivity index (χ3n) is 8.52. The third-order valence-corrected chi connectivity index (χ3v) is 8.76. The molecule has 3 atom stereocenters. The Hall–Kier alpha value is -3.63. The maximum absolute atomic E-state index is 15.2. The van der Waals surface area contributed by atoms with E-state index in [1.807, 2.05) is 55.2 Å². The van der Waals surface area contributed by atoms with Crippen LogP contribution >= 0.6 is 11.6 Å². The molecule has 3 heterocycles. The number of hydrogen-bond acceptors (Lipinski definition) is 4. The Labute approximate surface area is 267 Å². The molecule has 0 N–H and O–H groups in total. The van der Waals surface area contributed by atoms with E-state index in [0.29, 0.717) is 53.0 Å². The standard InChI is InChI=1S/C34H40ClF3N6O/c1-21-12-30(42(6)40-21)33(45)44(19-23-14-26(16-36)41(5)17-23)31(34(2,3)4)32-39-29(27-15-24(35)10-11-28(27)38)20-43(32)18-22-8-7-9-25(37)13-22/h7-13,15,20,23,26,31H,14,16-19H2,1-6H3/t23-,26-,31-/m0/s1. The summed E-state index contributed by atoms with van der Waals surface area (Å²) in [4.78, 5) is 23.4. The number of likely N-dealkylation sites (tertiary alicyclic amines) is 1. The van der Waals surface area contributed by atoms with Crippen LogP contribution in [0.25, 0.3) is 11.3 Å². The molecule has 1 aliphatic rings. The highest BCUT2D eigenvalue weighted by atomic mass is 35.5. The summed E-state index contributed by atoms with van der Waals surface area (Å²) in [6.07, 6.45) is 2.34. The molecule has 0 radical (unpaired) electrons. The van der Waals surface area contributed by atoms with Crippen LogP contribution in [-0.2, 0) is 13.6 Å². The van der Waals surface area contributed by atoms with Crippen molar-refractivity contribution < 1.29 is 18.0 Å². The van der Waals surface area contributed by atoms with Crippen LogP contribution < -0.4 is 0 Å². The smallest absolute Gasteiger partial charge is 0.272 e. The van der Waals surface area contributed by atoms with E-state index < -0.39 is 23.9 Å². The molecule has 240 valence electrons. The number of amides is 1. The molecular weight excluding hydrogens is 601 g/mol. The van der Waals surface area contributed by atoms with Crippen molar-refractivity contribution in [2.45, 2.75) is 52.7 Å². The number of hydrogen-bond donors (Lipinski definition) is 0. The van der Waals surface area contributed by atoms with E-state index in [9.17, 15) is 13.6 Å². The van der Waals surface area contributed by atoms with Gasteiger partial charge in [0.15, 0.2) is 0 Å². The molecular formula is C34H40ClF3N6O. The quantitative estimate of drug-likeness (QED) is 0.196. The first-order valence-electron chi connectivity index (χ1n) is 15.1. The number of aromatic nitrogens is 4. The Balaban J connectivity index is 1.68. The molecule has 1 aliphatic heterocycles. The van der Waals surface area contributed by atoms with E-state index in [2.05, 4.69) is 5.10 Å². The summed E-state index contributed by atoms with van der Waals surface area (Å²) in [5.41, 5.74) is 1.80. The molecule has 4 aromatic rings. The molecule has 1 fully saturated rings. The SMILES string of the molecule is Cc1cc(C(=O)N(C[C@H]2C[C@@H](CF)N(C)C2)[C@@H](c2nc(-c3cc(Cl)ccc3F)cn2Cc2cccc(F)c2)C(C)(C)C)n(C)n1.